The number of hydrogen-bond acceptors (Lipinski definition) is 4. The van der Waals surface area contributed by atoms with Gasteiger partial charge in [-0.05, 0) is 34.1 Å². The van der Waals surface area contributed by atoms with Crippen molar-refractivity contribution in [2.45, 2.75) is 52.4 Å². The van der Waals surface area contributed by atoms with E-state index in [2.05, 4.69) is 47.6 Å². The van der Waals surface area contributed by atoms with Crippen LogP contribution in [0.5, 0.6) is 0 Å². The molecule has 1 aromatic carbocycles. The minimum absolute atomic E-state index is 0.00769. The number of thiocarbonyl (C=S) groups is 1. The Bertz CT molecular complexity index is 704. The second-order valence-corrected chi connectivity index (χ2v) is 9.85. The fourth-order valence-electron chi connectivity index (χ4n) is 2.35. The second kappa shape index (κ2) is 6.19. The number of carbonyl (C=O) groups excluding carboxylic acids is 1. The summed E-state index contributed by atoms with van der Waals surface area (Å²) in [6.07, 6.45) is 0. The van der Waals surface area contributed by atoms with Crippen LogP contribution in [0.3, 0.4) is 0 Å². The van der Waals surface area contributed by atoms with Crippen LogP contribution in [0.2, 0.25) is 0 Å². The Kier molecular flexibility index (Phi) is 4.90. The summed E-state index contributed by atoms with van der Waals surface area (Å²) in [4.78, 5) is 14.0. The van der Waals surface area contributed by atoms with E-state index >= 15 is 0 Å². The number of aliphatic hydroxyl groups excluding tert-OH is 1. The molecule has 0 bridgehead atoms. The van der Waals surface area contributed by atoms with E-state index in [1.807, 2.05) is 12.1 Å². The Morgan fingerprint density at radius 2 is 1.50 bits per heavy atom. The largest absolute Gasteiger partial charge is 0.506 e. The third kappa shape index (κ3) is 3.67. The first-order valence-electron chi connectivity index (χ1n) is 7.92. The maximum absolute atomic E-state index is 12.3. The summed E-state index contributed by atoms with van der Waals surface area (Å²) in [5.41, 5.74) is 2.81. The van der Waals surface area contributed by atoms with Crippen LogP contribution in [0.1, 0.15) is 58.2 Å². The van der Waals surface area contributed by atoms with Gasteiger partial charge in [-0.2, -0.15) is 0 Å². The number of thioether (sulfide) groups is 1. The molecule has 1 heterocycles. The van der Waals surface area contributed by atoms with Gasteiger partial charge in [0.15, 0.2) is 0 Å². The Morgan fingerprint density at radius 3 is 1.83 bits per heavy atom. The molecule has 1 N–H and O–H groups in total. The summed E-state index contributed by atoms with van der Waals surface area (Å²) < 4.78 is 0.463. The standard InChI is InChI=1S/C19H25NO2S2/c1-18(2,3)12-8-11(9-13(10-12)19(4,5)6)14(21)15-16(22)20(7)17(23)24-15/h8-10,21H,1-7H3. The highest BCUT2D eigenvalue weighted by atomic mass is 32.2. The van der Waals surface area contributed by atoms with Gasteiger partial charge >= 0.3 is 0 Å². The number of likely N-dealkylation sites (N-methyl/N-ethyl adjacent to an activating group) is 1. The monoisotopic (exact) mass is 363 g/mol. The van der Waals surface area contributed by atoms with E-state index in [4.69, 9.17) is 12.2 Å². The van der Waals surface area contributed by atoms with Crippen molar-refractivity contribution < 1.29 is 9.90 Å². The van der Waals surface area contributed by atoms with Crippen LogP contribution in [-0.4, -0.2) is 27.3 Å². The molecule has 5 heteroatoms. The van der Waals surface area contributed by atoms with Crippen LogP contribution in [0.4, 0.5) is 0 Å². The molecule has 0 spiro atoms. The maximum atomic E-state index is 12.3. The van der Waals surface area contributed by atoms with Crippen LogP contribution in [0.15, 0.2) is 23.1 Å². The van der Waals surface area contributed by atoms with Gasteiger partial charge in [-0.3, -0.25) is 9.69 Å². The van der Waals surface area contributed by atoms with Gasteiger partial charge in [0.1, 0.15) is 15.0 Å². The van der Waals surface area contributed by atoms with E-state index in [1.165, 1.54) is 4.90 Å². The molecule has 0 unspecified atom stereocenters. The molecule has 1 fully saturated rings. The summed E-state index contributed by atoms with van der Waals surface area (Å²) in [5, 5.41) is 10.8. The van der Waals surface area contributed by atoms with Crippen LogP contribution in [0.25, 0.3) is 5.76 Å². The van der Waals surface area contributed by atoms with Crippen LogP contribution < -0.4 is 0 Å². The van der Waals surface area contributed by atoms with Gasteiger partial charge in [-0.25, -0.2) is 0 Å². The number of aliphatic hydroxyl groups is 1. The molecule has 1 aromatic rings. The Labute approximate surface area is 154 Å². The third-order valence-electron chi connectivity index (χ3n) is 4.12. The van der Waals surface area contributed by atoms with Gasteiger partial charge < -0.3 is 5.11 Å². The number of carbonyl (C=O) groups is 1. The zero-order valence-corrected chi connectivity index (χ0v) is 17.0. The lowest BCUT2D eigenvalue weighted by Crippen LogP contribution is -2.22. The Balaban J connectivity index is 2.66. The van der Waals surface area contributed by atoms with Gasteiger partial charge in [0.05, 0.1) is 0 Å². The number of hydrogen-bond donors (Lipinski definition) is 1. The van der Waals surface area contributed by atoms with Gasteiger partial charge in [0.25, 0.3) is 5.91 Å². The Morgan fingerprint density at radius 1 is 1.04 bits per heavy atom. The Hall–Kier alpha value is -1.33. The van der Waals surface area contributed by atoms with Crippen LogP contribution in [-0.2, 0) is 15.6 Å². The molecule has 2 rings (SSSR count). The van der Waals surface area contributed by atoms with Crippen molar-refractivity contribution in [2.24, 2.45) is 0 Å². The molecular formula is C19H25NO2S2. The van der Waals surface area contributed by atoms with E-state index in [1.54, 1.807) is 7.05 Å². The van der Waals surface area contributed by atoms with Crippen molar-refractivity contribution in [1.82, 2.24) is 4.90 Å². The van der Waals surface area contributed by atoms with E-state index in [9.17, 15) is 9.90 Å². The van der Waals surface area contributed by atoms with Gasteiger partial charge in [0, 0.05) is 12.6 Å². The number of benzene rings is 1. The molecule has 0 saturated carbocycles. The predicted molar refractivity (Wildman–Crippen MR) is 106 cm³/mol. The maximum Gasteiger partial charge on any atom is 0.269 e. The summed E-state index contributed by atoms with van der Waals surface area (Å²) in [6.45, 7) is 12.8. The average molecular weight is 364 g/mol. The quantitative estimate of drug-likeness (QED) is 0.433. The predicted octanol–water partition coefficient (Wildman–Crippen LogP) is 5.00. The highest BCUT2D eigenvalue weighted by Gasteiger charge is 2.33. The molecule has 130 valence electrons. The third-order valence-corrected chi connectivity index (χ3v) is 5.66. The molecule has 1 saturated heterocycles. The molecule has 24 heavy (non-hydrogen) atoms. The van der Waals surface area contributed by atoms with E-state index in [0.29, 0.717) is 14.8 Å². The lowest BCUT2D eigenvalue weighted by Gasteiger charge is -2.26. The molecule has 0 aliphatic carbocycles. The molecule has 3 nitrogen and oxygen atoms in total. The number of rotatable bonds is 1. The number of nitrogens with zero attached hydrogens (tertiary/aromatic N) is 1. The summed E-state index contributed by atoms with van der Waals surface area (Å²) in [7, 11) is 1.63. The van der Waals surface area contributed by atoms with Gasteiger partial charge in [-0.1, -0.05) is 71.6 Å². The number of amides is 1. The topological polar surface area (TPSA) is 40.5 Å². The van der Waals surface area contributed by atoms with Crippen LogP contribution in [0, 0.1) is 0 Å². The highest BCUT2D eigenvalue weighted by molar-refractivity contribution is 8.26. The second-order valence-electron chi connectivity index (χ2n) is 8.21. The van der Waals surface area contributed by atoms with Crippen molar-refractivity contribution in [3.8, 4) is 0 Å². The van der Waals surface area contributed by atoms with E-state index in [0.717, 1.165) is 22.9 Å². The zero-order valence-electron chi connectivity index (χ0n) is 15.4. The zero-order chi connectivity index (χ0) is 18.4. The smallest absolute Gasteiger partial charge is 0.269 e. The minimum Gasteiger partial charge on any atom is -0.506 e. The van der Waals surface area contributed by atoms with Crippen molar-refractivity contribution in [1.29, 1.82) is 0 Å². The first-order chi connectivity index (χ1) is 10.8. The molecule has 0 radical (unpaired) electrons. The summed E-state index contributed by atoms with van der Waals surface area (Å²) >= 11 is 6.31. The van der Waals surface area contributed by atoms with Crippen LogP contribution >= 0.6 is 24.0 Å². The fraction of sp³-hybridized carbons (Fsp3) is 0.474. The fourth-order valence-corrected chi connectivity index (χ4v) is 3.51. The summed E-state index contributed by atoms with van der Waals surface area (Å²) in [6, 6.07) is 6.11. The van der Waals surface area contributed by atoms with Gasteiger partial charge in [-0.15, -0.1) is 0 Å². The highest BCUT2D eigenvalue weighted by Crippen LogP contribution is 2.37. The van der Waals surface area contributed by atoms with Crippen molar-refractivity contribution in [2.75, 3.05) is 7.05 Å². The van der Waals surface area contributed by atoms with Gasteiger partial charge in [0.2, 0.25) is 0 Å². The van der Waals surface area contributed by atoms with E-state index in [-0.39, 0.29) is 22.5 Å². The average Bonchev–Trinajstić information content (AvgIpc) is 2.72. The molecule has 1 amide bonds. The lowest BCUT2D eigenvalue weighted by molar-refractivity contribution is -0.121. The van der Waals surface area contributed by atoms with Crippen molar-refractivity contribution in [3.63, 3.8) is 0 Å². The molecular weight excluding hydrogens is 338 g/mol. The first-order valence-corrected chi connectivity index (χ1v) is 9.14. The molecule has 0 atom stereocenters. The minimum atomic E-state index is -0.249. The molecule has 1 aliphatic heterocycles. The molecule has 1 aliphatic rings. The van der Waals surface area contributed by atoms with Crippen molar-refractivity contribution in [3.05, 3.63) is 39.8 Å². The normalized spacial score (nSPS) is 18.4. The van der Waals surface area contributed by atoms with Crippen molar-refractivity contribution >= 4 is 40.0 Å². The molecule has 0 aromatic heterocycles. The first kappa shape index (κ1) is 19.0. The summed E-state index contributed by atoms with van der Waals surface area (Å²) in [5.74, 6) is -0.241. The SMILES string of the molecule is CN1C(=O)C(=C(O)c2cc(C(C)(C)C)cc(C(C)(C)C)c2)SC1=S. The lowest BCUT2D eigenvalue weighted by atomic mass is 9.79. The van der Waals surface area contributed by atoms with E-state index < -0.39 is 0 Å².